The zero-order valence-electron chi connectivity index (χ0n) is 19.2. The van der Waals surface area contributed by atoms with E-state index in [4.69, 9.17) is 16.3 Å². The van der Waals surface area contributed by atoms with Gasteiger partial charge in [-0.1, -0.05) is 60.7 Å². The van der Waals surface area contributed by atoms with Crippen LogP contribution in [0.25, 0.3) is 0 Å². The van der Waals surface area contributed by atoms with Crippen molar-refractivity contribution in [1.29, 1.82) is 0 Å². The minimum Gasteiger partial charge on any atom is -0.490 e. The minimum atomic E-state index is -3.98. The fourth-order valence-electron chi connectivity index (χ4n) is 3.17. The van der Waals surface area contributed by atoms with Crippen LogP contribution in [0.15, 0.2) is 95.4 Å². The number of aryl methyl sites for hydroxylation is 1. The van der Waals surface area contributed by atoms with Crippen molar-refractivity contribution in [2.45, 2.75) is 18.4 Å². The predicted molar refractivity (Wildman–Crippen MR) is 138 cm³/mol. The molecule has 0 saturated carbocycles. The largest absolute Gasteiger partial charge is 0.490 e. The Bertz CT molecular complexity index is 1310. The van der Waals surface area contributed by atoms with Crippen LogP contribution in [0.3, 0.4) is 0 Å². The molecule has 0 atom stereocenters. The standard InChI is InChI=1S/C26H26ClN3O4S/c1-3-15-34-24-10-6-8-21(16-24)17-28-29-26(31)19-30(18-22-9-5-4-7-20(22)2)35(32,33)25-13-11-23(27)12-14-25/h3-14,16-17H,1,15,18-19H2,2H3,(H,29,31)/b28-17-. The number of benzene rings is 3. The molecule has 0 bridgehead atoms. The molecule has 0 spiro atoms. The van der Waals surface area contributed by atoms with E-state index in [9.17, 15) is 13.2 Å². The van der Waals surface area contributed by atoms with Gasteiger partial charge in [0.1, 0.15) is 12.4 Å². The van der Waals surface area contributed by atoms with Crippen molar-refractivity contribution in [1.82, 2.24) is 9.73 Å². The Labute approximate surface area is 210 Å². The Morgan fingerprint density at radius 3 is 2.57 bits per heavy atom. The molecule has 0 radical (unpaired) electrons. The number of rotatable bonds is 11. The highest BCUT2D eigenvalue weighted by molar-refractivity contribution is 7.89. The van der Waals surface area contributed by atoms with Crippen LogP contribution in [0.2, 0.25) is 5.02 Å². The molecule has 1 N–H and O–H groups in total. The van der Waals surface area contributed by atoms with Crippen LogP contribution >= 0.6 is 11.6 Å². The van der Waals surface area contributed by atoms with E-state index in [0.717, 1.165) is 15.4 Å². The van der Waals surface area contributed by atoms with Gasteiger partial charge in [-0.25, -0.2) is 13.8 Å². The van der Waals surface area contributed by atoms with Gasteiger partial charge in [-0.15, -0.1) is 0 Å². The third-order valence-electron chi connectivity index (χ3n) is 5.01. The molecule has 182 valence electrons. The molecule has 7 nitrogen and oxygen atoms in total. The molecule has 0 heterocycles. The molecular weight excluding hydrogens is 486 g/mol. The smallest absolute Gasteiger partial charge is 0.255 e. The number of nitrogens with zero attached hydrogens (tertiary/aromatic N) is 2. The number of nitrogens with one attached hydrogen (secondary N) is 1. The average Bonchev–Trinajstić information content (AvgIpc) is 2.84. The van der Waals surface area contributed by atoms with E-state index in [2.05, 4.69) is 17.1 Å². The van der Waals surface area contributed by atoms with Crippen LogP contribution in [-0.2, 0) is 21.4 Å². The molecule has 0 fully saturated rings. The number of ether oxygens (including phenoxy) is 1. The summed E-state index contributed by atoms with van der Waals surface area (Å²) in [6.45, 7) is 5.48. The maximum atomic E-state index is 13.4. The lowest BCUT2D eigenvalue weighted by molar-refractivity contribution is -0.121. The second-order valence-corrected chi connectivity index (χ2v) is 9.99. The van der Waals surface area contributed by atoms with Crippen LogP contribution in [0.5, 0.6) is 5.75 Å². The molecule has 0 aliphatic carbocycles. The normalized spacial score (nSPS) is 11.5. The van der Waals surface area contributed by atoms with Crippen molar-refractivity contribution >= 4 is 33.7 Å². The first kappa shape index (κ1) is 26.2. The van der Waals surface area contributed by atoms with Gasteiger partial charge in [0.05, 0.1) is 17.7 Å². The van der Waals surface area contributed by atoms with Gasteiger partial charge in [0, 0.05) is 11.6 Å². The molecule has 9 heteroatoms. The summed E-state index contributed by atoms with van der Waals surface area (Å²) in [6, 6.07) is 20.4. The highest BCUT2D eigenvalue weighted by Gasteiger charge is 2.27. The predicted octanol–water partition coefficient (Wildman–Crippen LogP) is 4.55. The number of carbonyl (C=O) groups excluding carboxylic acids is 1. The van der Waals surface area contributed by atoms with Crippen LogP contribution in [-0.4, -0.2) is 38.0 Å². The first-order valence-corrected chi connectivity index (χ1v) is 12.6. The molecule has 0 saturated heterocycles. The van der Waals surface area contributed by atoms with Gasteiger partial charge in [0.15, 0.2) is 0 Å². The molecule has 35 heavy (non-hydrogen) atoms. The topological polar surface area (TPSA) is 88.1 Å². The van der Waals surface area contributed by atoms with Gasteiger partial charge in [-0.05, 0) is 60.0 Å². The summed E-state index contributed by atoms with van der Waals surface area (Å²) < 4.78 is 33.3. The number of carbonyl (C=O) groups is 1. The monoisotopic (exact) mass is 511 g/mol. The van der Waals surface area contributed by atoms with Crippen molar-refractivity contribution in [2.24, 2.45) is 5.10 Å². The maximum Gasteiger partial charge on any atom is 0.255 e. The summed E-state index contributed by atoms with van der Waals surface area (Å²) in [5, 5.41) is 4.38. The minimum absolute atomic E-state index is 0.0253. The Hall–Kier alpha value is -3.46. The van der Waals surface area contributed by atoms with E-state index < -0.39 is 22.5 Å². The number of halogens is 1. The fraction of sp³-hybridized carbons (Fsp3) is 0.154. The number of sulfonamides is 1. The molecule has 3 rings (SSSR count). The van der Waals surface area contributed by atoms with Crippen molar-refractivity contribution in [3.8, 4) is 5.75 Å². The lowest BCUT2D eigenvalue weighted by atomic mass is 10.1. The van der Waals surface area contributed by atoms with Crippen LogP contribution in [0, 0.1) is 6.92 Å². The summed E-state index contributed by atoms with van der Waals surface area (Å²) >= 11 is 5.92. The number of hydrogen-bond acceptors (Lipinski definition) is 5. The number of hydrazone groups is 1. The molecular formula is C26H26ClN3O4S. The van der Waals surface area contributed by atoms with Crippen LogP contribution < -0.4 is 10.2 Å². The van der Waals surface area contributed by atoms with Crippen molar-refractivity contribution in [3.63, 3.8) is 0 Å². The van der Waals surface area contributed by atoms with E-state index in [1.54, 1.807) is 30.3 Å². The average molecular weight is 512 g/mol. The Morgan fingerprint density at radius 2 is 1.86 bits per heavy atom. The van der Waals surface area contributed by atoms with E-state index >= 15 is 0 Å². The van der Waals surface area contributed by atoms with Crippen molar-refractivity contribution in [3.05, 3.63) is 107 Å². The summed E-state index contributed by atoms with van der Waals surface area (Å²) in [7, 11) is -3.98. The number of hydrogen-bond donors (Lipinski definition) is 1. The van der Waals surface area contributed by atoms with Crippen LogP contribution in [0.1, 0.15) is 16.7 Å². The Kier molecular flexibility index (Phi) is 9.19. The van der Waals surface area contributed by atoms with Crippen molar-refractivity contribution < 1.29 is 17.9 Å². The van der Waals surface area contributed by atoms with E-state index in [1.165, 1.54) is 30.5 Å². The lowest BCUT2D eigenvalue weighted by Crippen LogP contribution is -2.39. The van der Waals surface area contributed by atoms with Gasteiger partial charge >= 0.3 is 0 Å². The third-order valence-corrected chi connectivity index (χ3v) is 7.07. The highest BCUT2D eigenvalue weighted by atomic mass is 35.5. The molecule has 0 aromatic heterocycles. The van der Waals surface area contributed by atoms with Crippen LogP contribution in [0.4, 0.5) is 0 Å². The molecule has 3 aromatic rings. The second-order valence-electron chi connectivity index (χ2n) is 7.62. The van der Waals surface area contributed by atoms with Gasteiger partial charge in [0.2, 0.25) is 10.0 Å². The maximum absolute atomic E-state index is 13.4. The molecule has 0 aliphatic rings. The molecule has 0 aliphatic heterocycles. The summed E-state index contributed by atoms with van der Waals surface area (Å²) in [6.07, 6.45) is 3.10. The summed E-state index contributed by atoms with van der Waals surface area (Å²) in [5.74, 6) is 0.0603. The molecule has 1 amide bonds. The second kappa shape index (κ2) is 12.3. The van der Waals surface area contributed by atoms with E-state index in [-0.39, 0.29) is 11.4 Å². The summed E-state index contributed by atoms with van der Waals surface area (Å²) in [4.78, 5) is 12.7. The Balaban J connectivity index is 1.76. The zero-order chi connectivity index (χ0) is 25.3. The first-order valence-electron chi connectivity index (χ1n) is 10.8. The SMILES string of the molecule is C=CCOc1cccc(/C=N\NC(=O)CN(Cc2ccccc2C)S(=O)(=O)c2ccc(Cl)cc2)c1. The highest BCUT2D eigenvalue weighted by Crippen LogP contribution is 2.21. The molecule has 3 aromatic carbocycles. The molecule has 0 unspecified atom stereocenters. The van der Waals surface area contributed by atoms with Gasteiger partial charge < -0.3 is 4.74 Å². The third kappa shape index (κ3) is 7.51. The van der Waals surface area contributed by atoms with E-state index in [0.29, 0.717) is 22.9 Å². The quantitative estimate of drug-likeness (QED) is 0.232. The van der Waals surface area contributed by atoms with Gasteiger partial charge in [-0.3, -0.25) is 4.79 Å². The Morgan fingerprint density at radius 1 is 1.11 bits per heavy atom. The van der Waals surface area contributed by atoms with Crippen molar-refractivity contribution in [2.75, 3.05) is 13.2 Å². The van der Waals surface area contributed by atoms with Gasteiger partial charge in [-0.2, -0.15) is 9.41 Å². The number of amides is 1. The van der Waals surface area contributed by atoms with E-state index in [1.807, 2.05) is 31.2 Å². The lowest BCUT2D eigenvalue weighted by Gasteiger charge is -2.22. The fourth-order valence-corrected chi connectivity index (χ4v) is 4.67. The van der Waals surface area contributed by atoms with Gasteiger partial charge in [0.25, 0.3) is 5.91 Å². The summed E-state index contributed by atoms with van der Waals surface area (Å²) in [5.41, 5.74) is 4.82. The first-order chi connectivity index (χ1) is 16.8. The zero-order valence-corrected chi connectivity index (χ0v) is 20.8.